The summed E-state index contributed by atoms with van der Waals surface area (Å²) in [6, 6.07) is 25.9. The number of carbonyl (C=O) groups is 1. The minimum Gasteiger partial charge on any atom is -0.353 e. The summed E-state index contributed by atoms with van der Waals surface area (Å²) in [6.07, 6.45) is 1.78. The Morgan fingerprint density at radius 2 is 1.74 bits per heavy atom. The van der Waals surface area contributed by atoms with Crippen LogP contribution in [0.15, 0.2) is 90.6 Å². The summed E-state index contributed by atoms with van der Waals surface area (Å²) < 4.78 is 1.10. The SMILES string of the molecule is Cl.O=C(Nc1ccc2scnc2c1)c1ccc(-c2ccccc2)c(CN2CCN(c3ncccc3Cl)CC2)c1. The molecule has 0 unspecified atom stereocenters. The quantitative estimate of drug-likeness (QED) is 0.236. The second-order valence-corrected chi connectivity index (χ2v) is 10.6. The van der Waals surface area contributed by atoms with Gasteiger partial charge in [-0.25, -0.2) is 9.97 Å². The second-order valence-electron chi connectivity index (χ2n) is 9.30. The van der Waals surface area contributed by atoms with E-state index < -0.39 is 0 Å². The highest BCUT2D eigenvalue weighted by Crippen LogP contribution is 2.29. The number of piperazine rings is 1. The van der Waals surface area contributed by atoms with E-state index in [1.807, 2.05) is 66.2 Å². The lowest BCUT2D eigenvalue weighted by Crippen LogP contribution is -2.46. The van der Waals surface area contributed by atoms with Gasteiger partial charge in [-0.1, -0.05) is 48.0 Å². The predicted octanol–water partition coefficient (Wildman–Crippen LogP) is 7.01. The molecule has 1 fully saturated rings. The van der Waals surface area contributed by atoms with Crippen LogP contribution >= 0.6 is 35.3 Å². The molecule has 0 radical (unpaired) electrons. The molecule has 5 aromatic rings. The van der Waals surface area contributed by atoms with Crippen LogP contribution in [0.25, 0.3) is 21.3 Å². The molecule has 1 saturated heterocycles. The summed E-state index contributed by atoms with van der Waals surface area (Å²) in [5.41, 5.74) is 7.49. The van der Waals surface area contributed by atoms with Gasteiger partial charge in [0.2, 0.25) is 0 Å². The van der Waals surface area contributed by atoms with Crippen molar-refractivity contribution in [3.63, 3.8) is 0 Å². The Bertz CT molecular complexity index is 1590. The van der Waals surface area contributed by atoms with Gasteiger partial charge in [0, 0.05) is 50.2 Å². The molecule has 1 aliphatic heterocycles. The summed E-state index contributed by atoms with van der Waals surface area (Å²) in [7, 11) is 0. The highest BCUT2D eigenvalue weighted by molar-refractivity contribution is 7.16. The Labute approximate surface area is 242 Å². The van der Waals surface area contributed by atoms with Crippen LogP contribution in [0.4, 0.5) is 11.5 Å². The minimum atomic E-state index is -0.130. The van der Waals surface area contributed by atoms with Crippen molar-refractivity contribution in [2.24, 2.45) is 0 Å². The number of hydrogen-bond acceptors (Lipinski definition) is 6. The van der Waals surface area contributed by atoms with E-state index in [2.05, 4.69) is 43.3 Å². The van der Waals surface area contributed by atoms with Crippen LogP contribution in [0.1, 0.15) is 15.9 Å². The van der Waals surface area contributed by atoms with E-state index in [0.29, 0.717) is 10.6 Å². The van der Waals surface area contributed by atoms with E-state index in [9.17, 15) is 4.79 Å². The van der Waals surface area contributed by atoms with Crippen LogP contribution in [0.2, 0.25) is 5.02 Å². The van der Waals surface area contributed by atoms with Gasteiger partial charge in [0.15, 0.2) is 0 Å². The molecule has 6 nitrogen and oxygen atoms in total. The van der Waals surface area contributed by atoms with Crippen LogP contribution in [0.3, 0.4) is 0 Å². The maximum atomic E-state index is 13.2. The van der Waals surface area contributed by atoms with Crippen molar-refractivity contribution in [1.82, 2.24) is 14.9 Å². The normalized spacial score (nSPS) is 13.7. The first-order valence-corrected chi connectivity index (χ1v) is 13.8. The summed E-state index contributed by atoms with van der Waals surface area (Å²) in [5.74, 6) is 0.711. The smallest absolute Gasteiger partial charge is 0.255 e. The summed E-state index contributed by atoms with van der Waals surface area (Å²) >= 11 is 7.97. The van der Waals surface area contributed by atoms with E-state index in [1.165, 1.54) is 0 Å². The first-order chi connectivity index (χ1) is 18.6. The zero-order valence-electron chi connectivity index (χ0n) is 21.1. The van der Waals surface area contributed by atoms with E-state index in [0.717, 1.165) is 71.1 Å². The topological polar surface area (TPSA) is 61.4 Å². The first-order valence-electron chi connectivity index (χ1n) is 12.5. The monoisotopic (exact) mass is 575 g/mol. The molecule has 9 heteroatoms. The van der Waals surface area contributed by atoms with Gasteiger partial charge in [-0.2, -0.15) is 0 Å². The number of aromatic nitrogens is 2. The number of pyridine rings is 1. The number of rotatable bonds is 6. The third-order valence-electron chi connectivity index (χ3n) is 6.85. The van der Waals surface area contributed by atoms with Gasteiger partial charge in [0.25, 0.3) is 5.91 Å². The van der Waals surface area contributed by atoms with Crippen molar-refractivity contribution in [1.29, 1.82) is 0 Å². The van der Waals surface area contributed by atoms with Crippen LogP contribution in [-0.2, 0) is 6.54 Å². The van der Waals surface area contributed by atoms with Gasteiger partial charge in [0.05, 0.1) is 20.7 Å². The number of amides is 1. The summed E-state index contributed by atoms with van der Waals surface area (Å²) in [4.78, 5) is 26.7. The lowest BCUT2D eigenvalue weighted by molar-refractivity contribution is 0.102. The maximum absolute atomic E-state index is 13.2. The lowest BCUT2D eigenvalue weighted by atomic mass is 9.96. The molecule has 3 heterocycles. The van der Waals surface area contributed by atoms with Crippen LogP contribution < -0.4 is 10.2 Å². The van der Waals surface area contributed by atoms with Crippen LogP contribution in [0, 0.1) is 0 Å². The molecule has 1 N–H and O–H groups in total. The third-order valence-corrected chi connectivity index (χ3v) is 7.95. The largest absolute Gasteiger partial charge is 0.353 e. The number of fused-ring (bicyclic) bond motifs is 1. The number of halogens is 2. The lowest BCUT2D eigenvalue weighted by Gasteiger charge is -2.36. The minimum absolute atomic E-state index is 0. The van der Waals surface area contributed by atoms with Crippen molar-refractivity contribution in [3.8, 4) is 11.1 Å². The zero-order chi connectivity index (χ0) is 25.9. The molecule has 0 aliphatic carbocycles. The number of nitrogens with one attached hydrogen (secondary N) is 1. The summed E-state index contributed by atoms with van der Waals surface area (Å²) in [6.45, 7) is 4.20. The Morgan fingerprint density at radius 1 is 0.923 bits per heavy atom. The molecule has 1 amide bonds. The number of hydrogen-bond donors (Lipinski definition) is 1. The molecule has 39 heavy (non-hydrogen) atoms. The van der Waals surface area contributed by atoms with Gasteiger partial charge in [0.1, 0.15) is 5.82 Å². The standard InChI is InChI=1S/C30H26ClN5OS.ClH/c31-26-7-4-12-32-29(26)36-15-13-35(14-16-36)19-23-17-22(8-10-25(23)21-5-2-1-3-6-21)30(37)34-24-9-11-28-27(18-24)33-20-38-28;/h1-12,17-18,20H,13-16,19H2,(H,34,37);1H. The van der Waals surface area contributed by atoms with E-state index in [-0.39, 0.29) is 18.3 Å². The maximum Gasteiger partial charge on any atom is 0.255 e. The molecule has 1 aliphatic rings. The van der Waals surface area contributed by atoms with Gasteiger partial charge >= 0.3 is 0 Å². The van der Waals surface area contributed by atoms with Gasteiger partial charge in [-0.05, 0) is 59.2 Å². The molecule has 0 saturated carbocycles. The fourth-order valence-electron chi connectivity index (χ4n) is 4.87. The van der Waals surface area contributed by atoms with E-state index in [1.54, 1.807) is 17.5 Å². The molecule has 0 spiro atoms. The number of benzene rings is 3. The number of nitrogens with zero attached hydrogens (tertiary/aromatic N) is 4. The first kappa shape index (κ1) is 27.1. The fraction of sp³-hybridized carbons (Fsp3) is 0.167. The molecule has 0 bridgehead atoms. The highest BCUT2D eigenvalue weighted by atomic mass is 35.5. The molecule has 6 rings (SSSR count). The van der Waals surface area contributed by atoms with Gasteiger partial charge in [-0.3, -0.25) is 9.69 Å². The number of carbonyl (C=O) groups excluding carboxylic acids is 1. The summed E-state index contributed by atoms with van der Waals surface area (Å²) in [5, 5.41) is 3.73. The number of anilines is 2. The van der Waals surface area contributed by atoms with Crippen LogP contribution in [0.5, 0.6) is 0 Å². The molecule has 0 atom stereocenters. The van der Waals surface area contributed by atoms with E-state index >= 15 is 0 Å². The Morgan fingerprint density at radius 3 is 2.54 bits per heavy atom. The zero-order valence-corrected chi connectivity index (χ0v) is 23.5. The number of thiazole rings is 1. The van der Waals surface area contributed by atoms with Crippen LogP contribution in [-0.4, -0.2) is 47.0 Å². The molecular formula is C30H27Cl2N5OS. The molecule has 2 aromatic heterocycles. The van der Waals surface area contributed by atoms with Gasteiger partial charge in [-0.15, -0.1) is 23.7 Å². The Kier molecular flexibility index (Phi) is 8.43. The average Bonchev–Trinajstić information content (AvgIpc) is 3.42. The van der Waals surface area contributed by atoms with E-state index in [4.69, 9.17) is 11.6 Å². The van der Waals surface area contributed by atoms with Gasteiger partial charge < -0.3 is 10.2 Å². The Balaban J connectivity index is 0.00000308. The highest BCUT2D eigenvalue weighted by Gasteiger charge is 2.21. The third kappa shape index (κ3) is 6.07. The van der Waals surface area contributed by atoms with Crippen molar-refractivity contribution in [2.75, 3.05) is 36.4 Å². The molecule has 3 aromatic carbocycles. The van der Waals surface area contributed by atoms with Crippen molar-refractivity contribution >= 4 is 63.0 Å². The molecular weight excluding hydrogens is 549 g/mol. The van der Waals surface area contributed by atoms with Crippen molar-refractivity contribution < 1.29 is 4.79 Å². The second kappa shape index (κ2) is 12.1. The molecule has 198 valence electrons. The van der Waals surface area contributed by atoms with Crippen molar-refractivity contribution in [3.05, 3.63) is 107 Å². The van der Waals surface area contributed by atoms with Crippen molar-refractivity contribution in [2.45, 2.75) is 6.54 Å². The Hall–Kier alpha value is -3.49. The average molecular weight is 577 g/mol. The fourth-order valence-corrected chi connectivity index (χ4v) is 5.77. The predicted molar refractivity (Wildman–Crippen MR) is 163 cm³/mol.